The zero-order chi connectivity index (χ0) is 27.8. The quantitative estimate of drug-likeness (QED) is 0.258. The zero-order valence-corrected chi connectivity index (χ0v) is 23.4. The van der Waals surface area contributed by atoms with E-state index in [0.29, 0.717) is 53.4 Å². The van der Waals surface area contributed by atoms with E-state index in [1.165, 1.54) is 15.9 Å². The number of furan rings is 1. The maximum Gasteiger partial charge on any atom is 0.271 e. The maximum atomic E-state index is 13.9. The van der Waals surface area contributed by atoms with E-state index in [4.69, 9.17) is 27.6 Å². The van der Waals surface area contributed by atoms with E-state index in [9.17, 15) is 9.59 Å². The number of amides is 1. The number of rotatable bonds is 5. The van der Waals surface area contributed by atoms with Crippen molar-refractivity contribution in [1.82, 2.24) is 4.57 Å². The minimum Gasteiger partial charge on any atom is -0.457 e. The molecule has 0 radical (unpaired) electrons. The molecule has 1 N–H and O–H groups in total. The van der Waals surface area contributed by atoms with Crippen molar-refractivity contribution in [3.63, 3.8) is 0 Å². The molecule has 0 fully saturated rings. The molecular formula is C31H21Cl2N3O3S. The Balaban J connectivity index is 1.47. The normalized spacial score (nSPS) is 15.1. The van der Waals surface area contributed by atoms with Crippen molar-refractivity contribution >= 4 is 52.2 Å². The molecule has 3 heterocycles. The fourth-order valence-corrected chi connectivity index (χ4v) is 6.14. The second-order valence-electron chi connectivity index (χ2n) is 9.14. The van der Waals surface area contributed by atoms with Crippen LogP contribution in [0.2, 0.25) is 10.0 Å². The number of nitrogens with one attached hydrogen (secondary N) is 1. The van der Waals surface area contributed by atoms with Crippen LogP contribution in [-0.4, -0.2) is 10.5 Å². The highest BCUT2D eigenvalue weighted by molar-refractivity contribution is 7.07. The molecule has 6 rings (SSSR count). The van der Waals surface area contributed by atoms with Crippen LogP contribution in [0.5, 0.6) is 0 Å². The lowest BCUT2D eigenvalue weighted by Gasteiger charge is -2.26. The van der Waals surface area contributed by atoms with Gasteiger partial charge in [-0.25, -0.2) is 4.99 Å². The number of fused-ring (bicyclic) bond motifs is 1. The molecule has 5 aromatic rings. The van der Waals surface area contributed by atoms with Crippen molar-refractivity contribution in [3.05, 3.63) is 143 Å². The van der Waals surface area contributed by atoms with Crippen LogP contribution in [0, 0.1) is 0 Å². The van der Waals surface area contributed by atoms with Crippen molar-refractivity contribution in [1.29, 1.82) is 0 Å². The van der Waals surface area contributed by atoms with Gasteiger partial charge in [-0.05, 0) is 55.0 Å². The van der Waals surface area contributed by atoms with Gasteiger partial charge in [-0.2, -0.15) is 0 Å². The Morgan fingerprint density at radius 3 is 2.55 bits per heavy atom. The Labute approximate surface area is 243 Å². The van der Waals surface area contributed by atoms with Gasteiger partial charge in [-0.1, -0.05) is 83.1 Å². The summed E-state index contributed by atoms with van der Waals surface area (Å²) >= 11 is 14.0. The minimum atomic E-state index is -0.769. The fourth-order valence-electron chi connectivity index (χ4n) is 4.68. The average molecular weight is 587 g/mol. The van der Waals surface area contributed by atoms with E-state index in [1.807, 2.05) is 60.7 Å². The van der Waals surface area contributed by atoms with Gasteiger partial charge in [-0.15, -0.1) is 0 Å². The number of thiazole rings is 1. The third-order valence-electron chi connectivity index (χ3n) is 6.51. The van der Waals surface area contributed by atoms with Crippen LogP contribution in [0.1, 0.15) is 24.3 Å². The number of allylic oxidation sites excluding steroid dienone is 1. The molecule has 0 bridgehead atoms. The number of para-hydroxylation sites is 1. The largest absolute Gasteiger partial charge is 0.457 e. The van der Waals surface area contributed by atoms with Crippen molar-refractivity contribution in [2.24, 2.45) is 4.99 Å². The highest BCUT2D eigenvalue weighted by Crippen LogP contribution is 2.34. The minimum absolute atomic E-state index is 0.299. The first-order valence-corrected chi connectivity index (χ1v) is 14.0. The second kappa shape index (κ2) is 10.8. The Bertz CT molecular complexity index is 1970. The molecule has 3 aromatic carbocycles. The first-order valence-electron chi connectivity index (χ1n) is 12.4. The third-order valence-corrected chi connectivity index (χ3v) is 8.07. The van der Waals surface area contributed by atoms with E-state index in [2.05, 4.69) is 10.3 Å². The molecule has 0 aliphatic carbocycles. The summed E-state index contributed by atoms with van der Waals surface area (Å²) in [5.41, 5.74) is 2.65. The van der Waals surface area contributed by atoms with Crippen LogP contribution >= 0.6 is 34.5 Å². The fraction of sp³-hybridized carbons (Fsp3) is 0.0645. The van der Waals surface area contributed by atoms with Crippen LogP contribution in [0.25, 0.3) is 17.4 Å². The van der Waals surface area contributed by atoms with Crippen LogP contribution in [0.15, 0.2) is 116 Å². The number of carbonyl (C=O) groups excluding carboxylic acids is 1. The summed E-state index contributed by atoms with van der Waals surface area (Å²) in [5, 5.41) is 3.98. The molecule has 0 saturated heterocycles. The SMILES string of the molecule is CC1=C(C(=O)Nc2ccccc2)[C@@H](c2ccccc2Cl)n2c(s/c(=C/c3ccc(-c4cccc(Cl)c4)o3)c2=O)=N1. The Morgan fingerprint density at radius 1 is 1.00 bits per heavy atom. The summed E-state index contributed by atoms with van der Waals surface area (Å²) in [6.45, 7) is 1.77. The van der Waals surface area contributed by atoms with E-state index < -0.39 is 6.04 Å². The molecule has 0 unspecified atom stereocenters. The molecule has 1 amide bonds. The first-order chi connectivity index (χ1) is 19.4. The first kappa shape index (κ1) is 26.1. The molecule has 1 aliphatic heterocycles. The lowest BCUT2D eigenvalue weighted by molar-refractivity contribution is -0.113. The van der Waals surface area contributed by atoms with Gasteiger partial charge in [0.1, 0.15) is 11.5 Å². The predicted molar refractivity (Wildman–Crippen MR) is 159 cm³/mol. The monoisotopic (exact) mass is 585 g/mol. The average Bonchev–Trinajstić information content (AvgIpc) is 3.53. The molecule has 0 saturated carbocycles. The van der Waals surface area contributed by atoms with Crippen molar-refractivity contribution in [3.8, 4) is 11.3 Å². The number of hydrogen-bond donors (Lipinski definition) is 1. The van der Waals surface area contributed by atoms with E-state index in [1.54, 1.807) is 43.3 Å². The van der Waals surface area contributed by atoms with E-state index in [-0.39, 0.29) is 11.5 Å². The zero-order valence-electron chi connectivity index (χ0n) is 21.1. The summed E-state index contributed by atoms with van der Waals surface area (Å²) in [5.74, 6) is 0.780. The molecule has 9 heteroatoms. The van der Waals surface area contributed by atoms with Gasteiger partial charge in [0, 0.05) is 27.4 Å². The second-order valence-corrected chi connectivity index (χ2v) is 11.0. The summed E-state index contributed by atoms with van der Waals surface area (Å²) in [7, 11) is 0. The van der Waals surface area contributed by atoms with Gasteiger partial charge in [0.05, 0.1) is 21.8 Å². The number of anilines is 1. The number of benzene rings is 3. The van der Waals surface area contributed by atoms with Gasteiger partial charge in [-0.3, -0.25) is 14.2 Å². The van der Waals surface area contributed by atoms with Gasteiger partial charge < -0.3 is 9.73 Å². The number of halogens is 2. The molecule has 6 nitrogen and oxygen atoms in total. The summed E-state index contributed by atoms with van der Waals surface area (Å²) < 4.78 is 7.96. The lowest BCUT2D eigenvalue weighted by atomic mass is 9.95. The molecule has 40 heavy (non-hydrogen) atoms. The number of carbonyl (C=O) groups is 1. The molecule has 1 aliphatic rings. The van der Waals surface area contributed by atoms with Crippen molar-refractivity contribution < 1.29 is 9.21 Å². The molecule has 2 aromatic heterocycles. The summed E-state index contributed by atoms with van der Waals surface area (Å²) in [6, 6.07) is 26.6. The van der Waals surface area contributed by atoms with Gasteiger partial charge >= 0.3 is 0 Å². The van der Waals surface area contributed by atoms with Gasteiger partial charge in [0.2, 0.25) is 0 Å². The third kappa shape index (κ3) is 4.95. The number of aromatic nitrogens is 1. The van der Waals surface area contributed by atoms with Gasteiger partial charge in [0.15, 0.2) is 4.80 Å². The number of hydrogen-bond acceptors (Lipinski definition) is 5. The van der Waals surface area contributed by atoms with Crippen molar-refractivity contribution in [2.45, 2.75) is 13.0 Å². The summed E-state index contributed by atoms with van der Waals surface area (Å²) in [6.07, 6.45) is 1.69. The smallest absolute Gasteiger partial charge is 0.271 e. The highest BCUT2D eigenvalue weighted by Gasteiger charge is 2.33. The maximum absolute atomic E-state index is 13.9. The molecule has 198 valence electrons. The lowest BCUT2D eigenvalue weighted by Crippen LogP contribution is -2.40. The molecule has 1 atom stereocenters. The van der Waals surface area contributed by atoms with Crippen LogP contribution in [0.4, 0.5) is 5.69 Å². The van der Waals surface area contributed by atoms with Crippen LogP contribution in [-0.2, 0) is 4.79 Å². The topological polar surface area (TPSA) is 76.6 Å². The van der Waals surface area contributed by atoms with Crippen LogP contribution < -0.4 is 20.2 Å². The van der Waals surface area contributed by atoms with Crippen LogP contribution in [0.3, 0.4) is 0 Å². The number of nitrogens with zero attached hydrogens (tertiary/aromatic N) is 2. The Morgan fingerprint density at radius 2 is 1.77 bits per heavy atom. The van der Waals surface area contributed by atoms with Crippen molar-refractivity contribution in [2.75, 3.05) is 5.32 Å². The Kier molecular flexibility index (Phi) is 7.02. The van der Waals surface area contributed by atoms with E-state index in [0.717, 1.165) is 5.56 Å². The standard InChI is InChI=1S/C31H21Cl2N3O3S/c1-18-27(29(37)35-21-10-3-2-4-11-21)28(23-12-5-6-13-24(23)33)36-30(38)26(40-31(36)34-18)17-22-14-15-25(39-22)19-8-7-9-20(32)16-19/h2-17,28H,1H3,(H,35,37)/b26-17+/t28-/m1/s1. The molecule has 0 spiro atoms. The Hall–Kier alpha value is -4.17. The summed E-state index contributed by atoms with van der Waals surface area (Å²) in [4.78, 5) is 32.7. The van der Waals surface area contributed by atoms with Gasteiger partial charge in [0.25, 0.3) is 11.5 Å². The highest BCUT2D eigenvalue weighted by atomic mass is 35.5. The predicted octanol–water partition coefficient (Wildman–Crippen LogP) is 6.44. The van der Waals surface area contributed by atoms with E-state index >= 15 is 0 Å². The molecular weight excluding hydrogens is 565 g/mol.